The first-order valence-electron chi connectivity index (χ1n) is 4.58. The van der Waals surface area contributed by atoms with Gasteiger partial charge in [0.25, 0.3) is 0 Å². The van der Waals surface area contributed by atoms with Gasteiger partial charge in [0.2, 0.25) is 15.9 Å². The van der Waals surface area contributed by atoms with Crippen molar-refractivity contribution >= 4 is 21.6 Å². The third-order valence-electron chi connectivity index (χ3n) is 2.32. The second kappa shape index (κ2) is 4.13. The SMILES string of the molecule is Cc1cc(C(N)=O)ccc1N(C)S(C)(=O)=O. The molecule has 0 heterocycles. The van der Waals surface area contributed by atoms with Gasteiger partial charge in [0.15, 0.2) is 0 Å². The number of aryl methyl sites for hydroxylation is 1. The highest BCUT2D eigenvalue weighted by atomic mass is 32.2. The molecule has 0 fully saturated rings. The summed E-state index contributed by atoms with van der Waals surface area (Å²) in [6, 6.07) is 4.64. The molecular weight excluding hydrogens is 228 g/mol. The van der Waals surface area contributed by atoms with Crippen molar-refractivity contribution in [2.24, 2.45) is 5.73 Å². The number of rotatable bonds is 3. The number of hydrogen-bond donors (Lipinski definition) is 1. The normalized spacial score (nSPS) is 11.2. The molecule has 1 aromatic rings. The van der Waals surface area contributed by atoms with E-state index in [4.69, 9.17) is 5.73 Å². The van der Waals surface area contributed by atoms with E-state index in [9.17, 15) is 13.2 Å². The van der Waals surface area contributed by atoms with E-state index < -0.39 is 15.9 Å². The third-order valence-corrected chi connectivity index (χ3v) is 3.51. The molecule has 88 valence electrons. The maximum absolute atomic E-state index is 11.3. The average molecular weight is 242 g/mol. The zero-order valence-corrected chi connectivity index (χ0v) is 10.2. The van der Waals surface area contributed by atoms with E-state index in [0.717, 1.165) is 10.6 Å². The first-order chi connectivity index (χ1) is 7.23. The molecule has 0 saturated carbocycles. The fourth-order valence-corrected chi connectivity index (χ4v) is 1.90. The van der Waals surface area contributed by atoms with Crippen LogP contribution in [0, 0.1) is 6.92 Å². The van der Waals surface area contributed by atoms with Crippen molar-refractivity contribution in [3.8, 4) is 0 Å². The van der Waals surface area contributed by atoms with Crippen LogP contribution in [0.25, 0.3) is 0 Å². The molecule has 0 radical (unpaired) electrons. The molecule has 0 saturated heterocycles. The summed E-state index contributed by atoms with van der Waals surface area (Å²) in [7, 11) is -1.83. The van der Waals surface area contributed by atoms with Crippen molar-refractivity contribution < 1.29 is 13.2 Å². The highest BCUT2D eigenvalue weighted by Gasteiger charge is 2.14. The lowest BCUT2D eigenvalue weighted by Gasteiger charge is -2.19. The second-order valence-corrected chi connectivity index (χ2v) is 5.61. The summed E-state index contributed by atoms with van der Waals surface area (Å²) in [6.45, 7) is 1.73. The number of amides is 1. The number of primary amides is 1. The van der Waals surface area contributed by atoms with Gasteiger partial charge in [0.1, 0.15) is 0 Å². The number of carbonyl (C=O) groups excluding carboxylic acids is 1. The number of nitrogens with zero attached hydrogens (tertiary/aromatic N) is 1. The predicted octanol–water partition coefficient (Wildman–Crippen LogP) is 0.490. The van der Waals surface area contributed by atoms with E-state index >= 15 is 0 Å². The Kier molecular flexibility index (Phi) is 3.23. The summed E-state index contributed by atoms with van der Waals surface area (Å²) in [5.41, 5.74) is 6.71. The maximum Gasteiger partial charge on any atom is 0.248 e. The molecule has 0 bridgehead atoms. The Labute approximate surface area is 94.9 Å². The molecule has 1 aromatic carbocycles. The molecule has 0 aliphatic rings. The number of carbonyl (C=O) groups is 1. The molecule has 1 amide bonds. The summed E-state index contributed by atoms with van der Waals surface area (Å²) < 4.78 is 23.8. The van der Waals surface area contributed by atoms with Gasteiger partial charge in [-0.2, -0.15) is 0 Å². The van der Waals surface area contributed by atoms with Gasteiger partial charge in [0.05, 0.1) is 11.9 Å². The largest absolute Gasteiger partial charge is 0.366 e. The lowest BCUT2D eigenvalue weighted by Crippen LogP contribution is -2.25. The lowest BCUT2D eigenvalue weighted by molar-refractivity contribution is 0.1000. The van der Waals surface area contributed by atoms with Crippen LogP contribution in [0.1, 0.15) is 15.9 Å². The fourth-order valence-electron chi connectivity index (χ4n) is 1.34. The van der Waals surface area contributed by atoms with Crippen LogP contribution in [0.4, 0.5) is 5.69 Å². The molecule has 16 heavy (non-hydrogen) atoms. The highest BCUT2D eigenvalue weighted by molar-refractivity contribution is 7.92. The van der Waals surface area contributed by atoms with Crippen molar-refractivity contribution in [1.82, 2.24) is 0 Å². The van der Waals surface area contributed by atoms with Crippen molar-refractivity contribution in [1.29, 1.82) is 0 Å². The average Bonchev–Trinajstić information content (AvgIpc) is 2.15. The lowest BCUT2D eigenvalue weighted by atomic mass is 10.1. The molecule has 2 N–H and O–H groups in total. The highest BCUT2D eigenvalue weighted by Crippen LogP contribution is 2.21. The monoisotopic (exact) mass is 242 g/mol. The molecule has 0 atom stereocenters. The van der Waals surface area contributed by atoms with Gasteiger partial charge >= 0.3 is 0 Å². The Balaban J connectivity index is 3.24. The molecule has 0 unspecified atom stereocenters. The summed E-state index contributed by atoms with van der Waals surface area (Å²) in [4.78, 5) is 10.9. The van der Waals surface area contributed by atoms with Crippen LogP contribution < -0.4 is 10.0 Å². The molecule has 0 aromatic heterocycles. The van der Waals surface area contributed by atoms with Crippen LogP contribution in [0.5, 0.6) is 0 Å². The summed E-state index contributed by atoms with van der Waals surface area (Å²) in [5.74, 6) is -0.531. The summed E-state index contributed by atoms with van der Waals surface area (Å²) >= 11 is 0. The van der Waals surface area contributed by atoms with Gasteiger partial charge in [-0.15, -0.1) is 0 Å². The van der Waals surface area contributed by atoms with Gasteiger partial charge in [0, 0.05) is 12.6 Å². The minimum absolute atomic E-state index is 0.364. The Morgan fingerprint density at radius 2 is 1.94 bits per heavy atom. The van der Waals surface area contributed by atoms with Crippen molar-refractivity contribution in [2.45, 2.75) is 6.92 Å². The smallest absolute Gasteiger partial charge is 0.248 e. The number of nitrogens with two attached hydrogens (primary N) is 1. The molecular formula is C10H14N2O3S. The van der Waals surface area contributed by atoms with Crippen LogP contribution in [0.15, 0.2) is 18.2 Å². The van der Waals surface area contributed by atoms with Gasteiger partial charge < -0.3 is 5.73 Å². The molecule has 0 spiro atoms. The Morgan fingerprint density at radius 3 is 2.31 bits per heavy atom. The zero-order chi connectivity index (χ0) is 12.5. The molecule has 1 rings (SSSR count). The maximum atomic E-state index is 11.3. The Bertz CT molecular complexity index is 523. The van der Waals surface area contributed by atoms with Gasteiger partial charge in [-0.05, 0) is 30.7 Å². The van der Waals surface area contributed by atoms with Crippen molar-refractivity contribution in [3.63, 3.8) is 0 Å². The van der Waals surface area contributed by atoms with Crippen LogP contribution in [-0.2, 0) is 10.0 Å². The third kappa shape index (κ3) is 2.52. The minimum atomic E-state index is -3.29. The summed E-state index contributed by atoms with van der Waals surface area (Å²) in [5, 5.41) is 0. The molecule has 0 aliphatic heterocycles. The minimum Gasteiger partial charge on any atom is -0.366 e. The zero-order valence-electron chi connectivity index (χ0n) is 9.39. The van der Waals surface area contributed by atoms with Crippen LogP contribution >= 0.6 is 0 Å². The number of anilines is 1. The summed E-state index contributed by atoms with van der Waals surface area (Å²) in [6.07, 6.45) is 1.12. The van der Waals surface area contributed by atoms with Crippen LogP contribution in [-0.4, -0.2) is 27.6 Å². The predicted molar refractivity (Wildman–Crippen MR) is 62.9 cm³/mol. The first-order valence-corrected chi connectivity index (χ1v) is 6.42. The standard InChI is InChI=1S/C10H14N2O3S/c1-7-6-8(10(11)13)4-5-9(7)12(2)16(3,14)15/h4-6H,1-3H3,(H2,11,13). The Morgan fingerprint density at radius 1 is 1.38 bits per heavy atom. The van der Waals surface area contributed by atoms with Gasteiger partial charge in [-0.1, -0.05) is 0 Å². The van der Waals surface area contributed by atoms with Crippen molar-refractivity contribution in [3.05, 3.63) is 29.3 Å². The first kappa shape index (κ1) is 12.5. The van der Waals surface area contributed by atoms with Crippen molar-refractivity contribution in [2.75, 3.05) is 17.6 Å². The number of hydrogen-bond acceptors (Lipinski definition) is 3. The topological polar surface area (TPSA) is 80.5 Å². The molecule has 6 heteroatoms. The molecule has 0 aliphatic carbocycles. The van der Waals surface area contributed by atoms with E-state index in [-0.39, 0.29) is 0 Å². The van der Waals surface area contributed by atoms with E-state index in [1.54, 1.807) is 19.1 Å². The quantitative estimate of drug-likeness (QED) is 0.837. The van der Waals surface area contributed by atoms with Gasteiger partial charge in [-0.3, -0.25) is 9.10 Å². The second-order valence-electron chi connectivity index (χ2n) is 3.60. The van der Waals surface area contributed by atoms with Crippen LogP contribution in [0.2, 0.25) is 0 Å². The van der Waals surface area contributed by atoms with Crippen LogP contribution in [0.3, 0.4) is 0 Å². The van der Waals surface area contributed by atoms with E-state index in [2.05, 4.69) is 0 Å². The number of sulfonamides is 1. The molecule has 5 nitrogen and oxygen atoms in total. The Hall–Kier alpha value is -1.56. The van der Waals surface area contributed by atoms with E-state index in [0.29, 0.717) is 16.8 Å². The number of benzene rings is 1. The van der Waals surface area contributed by atoms with E-state index in [1.165, 1.54) is 13.1 Å². The van der Waals surface area contributed by atoms with E-state index in [1.807, 2.05) is 0 Å². The van der Waals surface area contributed by atoms with Gasteiger partial charge in [-0.25, -0.2) is 8.42 Å². The fraction of sp³-hybridized carbons (Fsp3) is 0.300.